The monoisotopic (exact) mass is 417 g/mol. The molecule has 6 nitrogen and oxygen atoms in total. The standard InChI is InChI=1S/C17H12BrN3O3S/c18-10-2-1-3-11(6-10)19-16(22)13-8-25-17(21-13)20-12-4-5-14-15(7-12)24-9-23-14/h1-8H,9H2,(H,19,22)(H,20,21). The van der Waals surface area contributed by atoms with Crippen molar-refractivity contribution in [3.63, 3.8) is 0 Å². The van der Waals surface area contributed by atoms with Gasteiger partial charge < -0.3 is 20.1 Å². The lowest BCUT2D eigenvalue weighted by Crippen LogP contribution is -2.12. The second-order valence-corrected chi connectivity index (χ2v) is 6.97. The van der Waals surface area contributed by atoms with Crippen molar-refractivity contribution in [2.24, 2.45) is 0 Å². The minimum atomic E-state index is -0.256. The molecular formula is C17H12BrN3O3S. The third-order valence-electron chi connectivity index (χ3n) is 3.44. The molecule has 0 aliphatic carbocycles. The molecule has 2 heterocycles. The van der Waals surface area contributed by atoms with Crippen molar-refractivity contribution < 1.29 is 14.3 Å². The third kappa shape index (κ3) is 3.59. The van der Waals surface area contributed by atoms with Gasteiger partial charge in [0.15, 0.2) is 16.6 Å². The number of carbonyl (C=O) groups excluding carboxylic acids is 1. The average Bonchev–Trinajstić information content (AvgIpc) is 3.23. The Morgan fingerprint density at radius 3 is 2.88 bits per heavy atom. The highest BCUT2D eigenvalue weighted by molar-refractivity contribution is 9.10. The topological polar surface area (TPSA) is 72.5 Å². The largest absolute Gasteiger partial charge is 0.454 e. The van der Waals surface area contributed by atoms with Crippen molar-refractivity contribution in [3.8, 4) is 11.5 Å². The van der Waals surface area contributed by atoms with Crippen molar-refractivity contribution in [1.29, 1.82) is 0 Å². The summed E-state index contributed by atoms with van der Waals surface area (Å²) in [5, 5.41) is 8.32. The first kappa shape index (κ1) is 15.9. The van der Waals surface area contributed by atoms with E-state index in [9.17, 15) is 4.79 Å². The zero-order chi connectivity index (χ0) is 17.2. The number of ether oxygens (including phenoxy) is 2. The van der Waals surface area contributed by atoms with Gasteiger partial charge in [-0.25, -0.2) is 4.98 Å². The minimum Gasteiger partial charge on any atom is -0.454 e. The number of rotatable bonds is 4. The van der Waals surface area contributed by atoms with E-state index in [1.165, 1.54) is 11.3 Å². The number of hydrogen-bond donors (Lipinski definition) is 2. The maximum atomic E-state index is 12.3. The van der Waals surface area contributed by atoms with E-state index in [1.807, 2.05) is 42.5 Å². The van der Waals surface area contributed by atoms with Gasteiger partial charge in [-0.2, -0.15) is 0 Å². The van der Waals surface area contributed by atoms with E-state index in [4.69, 9.17) is 9.47 Å². The van der Waals surface area contributed by atoms with E-state index in [-0.39, 0.29) is 12.7 Å². The van der Waals surface area contributed by atoms with E-state index in [0.29, 0.717) is 22.3 Å². The van der Waals surface area contributed by atoms with Crippen LogP contribution in [0.5, 0.6) is 11.5 Å². The van der Waals surface area contributed by atoms with Crippen molar-refractivity contribution >= 4 is 49.7 Å². The summed E-state index contributed by atoms with van der Waals surface area (Å²) in [6, 6.07) is 12.9. The third-order valence-corrected chi connectivity index (χ3v) is 4.69. The van der Waals surface area contributed by atoms with Crippen molar-refractivity contribution in [1.82, 2.24) is 4.98 Å². The Hall–Kier alpha value is -2.58. The molecule has 0 spiro atoms. The van der Waals surface area contributed by atoms with Crippen LogP contribution in [0.2, 0.25) is 0 Å². The second-order valence-electron chi connectivity index (χ2n) is 5.20. The summed E-state index contributed by atoms with van der Waals surface area (Å²) in [6.07, 6.45) is 0. The molecule has 8 heteroatoms. The number of aromatic nitrogens is 1. The van der Waals surface area contributed by atoms with Crippen molar-refractivity contribution in [2.45, 2.75) is 0 Å². The van der Waals surface area contributed by atoms with Crippen LogP contribution in [-0.4, -0.2) is 17.7 Å². The van der Waals surface area contributed by atoms with Crippen LogP contribution in [0.4, 0.5) is 16.5 Å². The number of carbonyl (C=O) groups is 1. The van der Waals surface area contributed by atoms with Crippen LogP contribution in [0.15, 0.2) is 52.3 Å². The van der Waals surface area contributed by atoms with E-state index >= 15 is 0 Å². The van der Waals surface area contributed by atoms with Crippen LogP contribution < -0.4 is 20.1 Å². The predicted octanol–water partition coefficient (Wildman–Crippen LogP) is 4.63. The van der Waals surface area contributed by atoms with Crippen LogP contribution >= 0.6 is 27.3 Å². The molecule has 0 bridgehead atoms. The van der Waals surface area contributed by atoms with Gasteiger partial charge in [0.25, 0.3) is 5.91 Å². The summed E-state index contributed by atoms with van der Waals surface area (Å²) < 4.78 is 11.5. The Labute approximate surface area is 155 Å². The second kappa shape index (κ2) is 6.73. The molecule has 0 fully saturated rings. The highest BCUT2D eigenvalue weighted by Crippen LogP contribution is 2.35. The lowest BCUT2D eigenvalue weighted by atomic mass is 10.3. The van der Waals surface area contributed by atoms with E-state index < -0.39 is 0 Å². The lowest BCUT2D eigenvalue weighted by molar-refractivity contribution is 0.102. The number of nitrogens with one attached hydrogen (secondary N) is 2. The number of halogens is 1. The number of hydrogen-bond acceptors (Lipinski definition) is 6. The molecular weight excluding hydrogens is 406 g/mol. The highest BCUT2D eigenvalue weighted by Gasteiger charge is 2.15. The highest BCUT2D eigenvalue weighted by atomic mass is 79.9. The van der Waals surface area contributed by atoms with Crippen LogP contribution in [0.1, 0.15) is 10.5 Å². The number of anilines is 3. The summed E-state index contributed by atoms with van der Waals surface area (Å²) in [4.78, 5) is 16.6. The Morgan fingerprint density at radius 2 is 2.00 bits per heavy atom. The molecule has 2 N–H and O–H groups in total. The first-order chi connectivity index (χ1) is 12.2. The molecule has 25 heavy (non-hydrogen) atoms. The van der Waals surface area contributed by atoms with E-state index in [0.717, 1.165) is 15.9 Å². The van der Waals surface area contributed by atoms with Gasteiger partial charge >= 0.3 is 0 Å². The molecule has 1 aliphatic heterocycles. The number of benzene rings is 2. The minimum absolute atomic E-state index is 0.232. The fourth-order valence-corrected chi connectivity index (χ4v) is 3.40. The van der Waals surface area contributed by atoms with Gasteiger partial charge in [0.05, 0.1) is 0 Å². The van der Waals surface area contributed by atoms with Crippen LogP contribution in [0, 0.1) is 0 Å². The van der Waals surface area contributed by atoms with Crippen LogP contribution in [0.3, 0.4) is 0 Å². The fraction of sp³-hybridized carbons (Fsp3) is 0.0588. The summed E-state index contributed by atoms with van der Waals surface area (Å²) in [6.45, 7) is 0.232. The smallest absolute Gasteiger partial charge is 0.275 e. The maximum Gasteiger partial charge on any atom is 0.275 e. The number of fused-ring (bicyclic) bond motifs is 1. The van der Waals surface area contributed by atoms with E-state index in [1.54, 1.807) is 5.38 Å². The molecule has 0 radical (unpaired) electrons. The maximum absolute atomic E-state index is 12.3. The molecule has 4 rings (SSSR count). The zero-order valence-corrected chi connectivity index (χ0v) is 15.2. The van der Waals surface area contributed by atoms with Gasteiger partial charge in [-0.1, -0.05) is 22.0 Å². The van der Waals surface area contributed by atoms with E-state index in [2.05, 4.69) is 31.5 Å². The first-order valence-electron chi connectivity index (χ1n) is 7.36. The Balaban J connectivity index is 1.45. The number of thiazole rings is 1. The molecule has 0 saturated carbocycles. The molecule has 3 aromatic rings. The van der Waals surface area contributed by atoms with Crippen LogP contribution in [0.25, 0.3) is 0 Å². The molecule has 2 aromatic carbocycles. The Morgan fingerprint density at radius 1 is 1.12 bits per heavy atom. The molecule has 1 aliphatic rings. The van der Waals surface area contributed by atoms with Crippen LogP contribution in [-0.2, 0) is 0 Å². The molecule has 0 atom stereocenters. The summed E-state index contributed by atoms with van der Waals surface area (Å²) >= 11 is 4.73. The lowest BCUT2D eigenvalue weighted by Gasteiger charge is -2.04. The van der Waals surface area contributed by atoms with Gasteiger partial charge in [0, 0.05) is 27.3 Å². The van der Waals surface area contributed by atoms with Gasteiger partial charge in [-0.05, 0) is 30.3 Å². The quantitative estimate of drug-likeness (QED) is 0.647. The Kier molecular flexibility index (Phi) is 4.29. The fourth-order valence-electron chi connectivity index (χ4n) is 2.29. The summed E-state index contributed by atoms with van der Waals surface area (Å²) in [5.41, 5.74) is 1.88. The molecule has 126 valence electrons. The van der Waals surface area contributed by atoms with Gasteiger partial charge in [-0.15, -0.1) is 11.3 Å². The van der Waals surface area contributed by atoms with Gasteiger partial charge in [-0.3, -0.25) is 4.79 Å². The number of nitrogens with zero attached hydrogens (tertiary/aromatic N) is 1. The first-order valence-corrected chi connectivity index (χ1v) is 9.04. The SMILES string of the molecule is O=C(Nc1cccc(Br)c1)c1csc(Nc2ccc3c(c2)OCO3)n1. The summed E-state index contributed by atoms with van der Waals surface area (Å²) in [5.74, 6) is 1.15. The molecule has 0 unspecified atom stereocenters. The normalized spacial score (nSPS) is 12.0. The molecule has 1 aromatic heterocycles. The zero-order valence-electron chi connectivity index (χ0n) is 12.8. The number of amides is 1. The predicted molar refractivity (Wildman–Crippen MR) is 100 cm³/mol. The van der Waals surface area contributed by atoms with Gasteiger partial charge in [0.2, 0.25) is 6.79 Å². The van der Waals surface area contributed by atoms with Crippen molar-refractivity contribution in [2.75, 3.05) is 17.4 Å². The van der Waals surface area contributed by atoms with Gasteiger partial charge in [0.1, 0.15) is 5.69 Å². The Bertz CT molecular complexity index is 944. The molecule has 1 amide bonds. The summed E-state index contributed by atoms with van der Waals surface area (Å²) in [7, 11) is 0. The molecule has 0 saturated heterocycles. The van der Waals surface area contributed by atoms with Crippen molar-refractivity contribution in [3.05, 3.63) is 58.0 Å². The average molecular weight is 418 g/mol.